The van der Waals surface area contributed by atoms with Gasteiger partial charge in [0.05, 0.1) is 12.2 Å². The highest BCUT2D eigenvalue weighted by Gasteiger charge is 2.21. The summed E-state index contributed by atoms with van der Waals surface area (Å²) in [5.41, 5.74) is 0.876. The molecule has 1 heterocycles. The van der Waals surface area contributed by atoms with Gasteiger partial charge < -0.3 is 14.9 Å². The highest BCUT2D eigenvalue weighted by Crippen LogP contribution is 2.20. The Labute approximate surface area is 254 Å². The molecule has 0 aromatic carbocycles. The standard InChI is InChI=1S/C37H68O4/c1-3-4-5-6-7-8-9-10-11-15-18-21-24-27-30-35(38)36(39)31-28-25-22-19-16-13-12-14-17-20-23-26-29-34-32-33(2)41-37(34)40/h21,24,32-33,35-36,38-39H,3-20,22-23,25-31H2,1-2H3. The van der Waals surface area contributed by atoms with E-state index in [0.717, 1.165) is 50.5 Å². The van der Waals surface area contributed by atoms with Gasteiger partial charge in [0.15, 0.2) is 0 Å². The van der Waals surface area contributed by atoms with Gasteiger partial charge in [0, 0.05) is 5.57 Å². The molecule has 0 aromatic heterocycles. The number of hydrogen-bond acceptors (Lipinski definition) is 4. The SMILES string of the molecule is CCCCCCCCCCCCC=CCCC(O)C(O)CCCCCCCCCCCCCCC1=CC(C)OC1=O. The summed E-state index contributed by atoms with van der Waals surface area (Å²) in [6.45, 7) is 4.19. The Morgan fingerprint density at radius 3 is 1.59 bits per heavy atom. The number of allylic oxidation sites excluding steroid dienone is 2. The average Bonchev–Trinajstić information content (AvgIpc) is 3.29. The molecule has 1 aliphatic rings. The zero-order valence-corrected chi connectivity index (χ0v) is 27.3. The number of unbranched alkanes of at least 4 members (excludes halogenated alkanes) is 21. The molecule has 0 bridgehead atoms. The first-order chi connectivity index (χ1) is 20.0. The van der Waals surface area contributed by atoms with E-state index < -0.39 is 12.2 Å². The molecule has 0 radical (unpaired) electrons. The first-order valence-electron chi connectivity index (χ1n) is 18.0. The van der Waals surface area contributed by atoms with Crippen molar-refractivity contribution in [1.29, 1.82) is 0 Å². The highest BCUT2D eigenvalue weighted by atomic mass is 16.5. The van der Waals surface area contributed by atoms with Crippen LogP contribution in [0.4, 0.5) is 0 Å². The predicted molar refractivity (Wildman–Crippen MR) is 175 cm³/mol. The first kappa shape index (κ1) is 37.9. The average molecular weight is 577 g/mol. The van der Waals surface area contributed by atoms with Gasteiger partial charge in [-0.2, -0.15) is 0 Å². The van der Waals surface area contributed by atoms with E-state index >= 15 is 0 Å². The second-order valence-electron chi connectivity index (χ2n) is 12.7. The molecule has 0 amide bonds. The lowest BCUT2D eigenvalue weighted by Crippen LogP contribution is -2.25. The van der Waals surface area contributed by atoms with Gasteiger partial charge in [-0.3, -0.25) is 0 Å². The van der Waals surface area contributed by atoms with Crippen molar-refractivity contribution >= 4 is 5.97 Å². The largest absolute Gasteiger partial charge is 0.455 e. The lowest BCUT2D eigenvalue weighted by Gasteiger charge is -2.17. The molecule has 1 aliphatic heterocycles. The maximum absolute atomic E-state index is 11.6. The second kappa shape index (κ2) is 27.7. The predicted octanol–water partition coefficient (Wildman–Crippen LogP) is 10.7. The Morgan fingerprint density at radius 2 is 1.07 bits per heavy atom. The number of cyclic esters (lactones) is 1. The third-order valence-corrected chi connectivity index (χ3v) is 8.65. The van der Waals surface area contributed by atoms with Crippen molar-refractivity contribution in [3.8, 4) is 0 Å². The summed E-state index contributed by atoms with van der Waals surface area (Å²) in [4.78, 5) is 11.6. The Kier molecular flexibility index (Phi) is 25.6. The van der Waals surface area contributed by atoms with E-state index in [1.807, 2.05) is 13.0 Å². The van der Waals surface area contributed by atoms with Crippen molar-refractivity contribution in [2.75, 3.05) is 0 Å². The lowest BCUT2D eigenvalue weighted by atomic mass is 10.0. The molecule has 0 saturated carbocycles. The Morgan fingerprint density at radius 1 is 0.634 bits per heavy atom. The van der Waals surface area contributed by atoms with E-state index in [-0.39, 0.29) is 12.1 Å². The van der Waals surface area contributed by atoms with Crippen LogP contribution in [0.2, 0.25) is 0 Å². The summed E-state index contributed by atoms with van der Waals surface area (Å²) in [6, 6.07) is 0. The molecule has 0 aromatic rings. The molecule has 4 nitrogen and oxygen atoms in total. The summed E-state index contributed by atoms with van der Waals surface area (Å²) in [6.07, 6.45) is 38.1. The summed E-state index contributed by atoms with van der Waals surface area (Å²) in [5, 5.41) is 20.5. The van der Waals surface area contributed by atoms with Crippen LogP contribution >= 0.6 is 0 Å². The first-order valence-corrected chi connectivity index (χ1v) is 18.0. The number of esters is 1. The van der Waals surface area contributed by atoms with Crippen LogP contribution in [0.3, 0.4) is 0 Å². The van der Waals surface area contributed by atoms with Gasteiger partial charge in [0.2, 0.25) is 0 Å². The number of aliphatic hydroxyl groups excluding tert-OH is 2. The van der Waals surface area contributed by atoms with Crippen LogP contribution < -0.4 is 0 Å². The zero-order chi connectivity index (χ0) is 29.8. The Hall–Kier alpha value is -1.13. The van der Waals surface area contributed by atoms with Crippen LogP contribution in [0.15, 0.2) is 23.8 Å². The van der Waals surface area contributed by atoms with E-state index in [1.54, 1.807) is 0 Å². The van der Waals surface area contributed by atoms with Gasteiger partial charge in [-0.15, -0.1) is 0 Å². The molecule has 1 rings (SSSR count). The van der Waals surface area contributed by atoms with Gasteiger partial charge in [0.1, 0.15) is 6.10 Å². The van der Waals surface area contributed by atoms with Crippen molar-refractivity contribution in [3.05, 3.63) is 23.8 Å². The number of rotatable bonds is 30. The highest BCUT2D eigenvalue weighted by molar-refractivity contribution is 5.90. The quantitative estimate of drug-likeness (QED) is 0.0507. The third kappa shape index (κ3) is 23.1. The molecule has 3 unspecified atom stereocenters. The van der Waals surface area contributed by atoms with E-state index in [0.29, 0.717) is 6.42 Å². The zero-order valence-electron chi connectivity index (χ0n) is 27.3. The topological polar surface area (TPSA) is 66.8 Å². The molecule has 4 heteroatoms. The lowest BCUT2D eigenvalue weighted by molar-refractivity contribution is -0.139. The van der Waals surface area contributed by atoms with Crippen molar-refractivity contribution in [3.63, 3.8) is 0 Å². The maximum Gasteiger partial charge on any atom is 0.334 e. The summed E-state index contributed by atoms with van der Waals surface area (Å²) < 4.78 is 5.14. The van der Waals surface area contributed by atoms with Gasteiger partial charge in [0.25, 0.3) is 0 Å². The van der Waals surface area contributed by atoms with Crippen LogP contribution in [-0.4, -0.2) is 34.5 Å². The number of ether oxygens (including phenoxy) is 1. The summed E-state index contributed by atoms with van der Waals surface area (Å²) in [5.74, 6) is -0.112. The minimum absolute atomic E-state index is 0.0385. The Bertz CT molecular complexity index is 655. The van der Waals surface area contributed by atoms with Gasteiger partial charge in [-0.05, 0) is 57.9 Å². The molecule has 3 atom stereocenters. The minimum atomic E-state index is -0.586. The molecule has 0 saturated heterocycles. The van der Waals surface area contributed by atoms with Crippen molar-refractivity contribution < 1.29 is 19.7 Å². The van der Waals surface area contributed by atoms with Crippen LogP contribution in [0.5, 0.6) is 0 Å². The molecule has 240 valence electrons. The molecular weight excluding hydrogens is 508 g/mol. The number of carbonyl (C=O) groups is 1. The fourth-order valence-electron chi connectivity index (χ4n) is 5.89. The van der Waals surface area contributed by atoms with Crippen molar-refractivity contribution in [1.82, 2.24) is 0 Å². The molecule has 0 fully saturated rings. The van der Waals surface area contributed by atoms with Gasteiger partial charge >= 0.3 is 5.97 Å². The summed E-state index contributed by atoms with van der Waals surface area (Å²) >= 11 is 0. The fourth-order valence-corrected chi connectivity index (χ4v) is 5.89. The maximum atomic E-state index is 11.6. The molecule has 0 spiro atoms. The van der Waals surface area contributed by atoms with Crippen LogP contribution in [0, 0.1) is 0 Å². The van der Waals surface area contributed by atoms with Gasteiger partial charge in [-0.25, -0.2) is 4.79 Å². The normalized spacial score (nSPS) is 16.8. The van der Waals surface area contributed by atoms with Crippen LogP contribution in [0.25, 0.3) is 0 Å². The molecule has 0 aliphatic carbocycles. The van der Waals surface area contributed by atoms with Crippen molar-refractivity contribution in [2.24, 2.45) is 0 Å². The van der Waals surface area contributed by atoms with Gasteiger partial charge in [-0.1, -0.05) is 147 Å². The van der Waals surface area contributed by atoms with E-state index in [4.69, 9.17) is 4.74 Å². The second-order valence-corrected chi connectivity index (χ2v) is 12.7. The molecule has 2 N–H and O–H groups in total. The third-order valence-electron chi connectivity index (χ3n) is 8.65. The van der Waals surface area contributed by atoms with E-state index in [9.17, 15) is 15.0 Å². The minimum Gasteiger partial charge on any atom is -0.455 e. The molecular formula is C37H68O4. The Balaban J connectivity index is 1.79. The van der Waals surface area contributed by atoms with Crippen LogP contribution in [-0.2, 0) is 9.53 Å². The number of hydrogen-bond donors (Lipinski definition) is 2. The molecule has 41 heavy (non-hydrogen) atoms. The smallest absolute Gasteiger partial charge is 0.334 e. The summed E-state index contributed by atoms with van der Waals surface area (Å²) in [7, 11) is 0. The number of aliphatic hydroxyl groups is 2. The van der Waals surface area contributed by atoms with Crippen LogP contribution in [0.1, 0.15) is 187 Å². The number of carbonyl (C=O) groups excluding carboxylic acids is 1. The van der Waals surface area contributed by atoms with E-state index in [2.05, 4.69) is 19.1 Å². The van der Waals surface area contributed by atoms with Crippen molar-refractivity contribution in [2.45, 2.75) is 206 Å². The fraction of sp³-hybridized carbons (Fsp3) is 0.865. The monoisotopic (exact) mass is 577 g/mol. The van der Waals surface area contributed by atoms with E-state index in [1.165, 1.54) is 122 Å².